The average molecular weight is 351 g/mol. The van der Waals surface area contributed by atoms with E-state index < -0.39 is 0 Å². The lowest BCUT2D eigenvalue weighted by Crippen LogP contribution is -2.31. The van der Waals surface area contributed by atoms with Crippen LogP contribution in [0.25, 0.3) is 0 Å². The Labute approximate surface area is 157 Å². The molecule has 2 aromatic carbocycles. The van der Waals surface area contributed by atoms with Gasteiger partial charge in [0.05, 0.1) is 25.5 Å². The van der Waals surface area contributed by atoms with E-state index in [4.69, 9.17) is 4.74 Å². The van der Waals surface area contributed by atoms with Crippen LogP contribution >= 0.6 is 0 Å². The number of benzene rings is 2. The van der Waals surface area contributed by atoms with Gasteiger partial charge in [0, 0.05) is 19.3 Å². The Kier molecular flexibility index (Phi) is 7.27. The number of rotatable bonds is 5. The van der Waals surface area contributed by atoms with E-state index in [-0.39, 0.29) is 6.04 Å². The zero-order chi connectivity index (χ0) is 18.9. The minimum Gasteiger partial charge on any atom is -0.497 e. The second-order valence-electron chi connectivity index (χ2n) is 6.09. The molecule has 4 nitrogen and oxygen atoms in total. The molecule has 2 unspecified atom stereocenters. The van der Waals surface area contributed by atoms with Gasteiger partial charge in [-0.25, -0.2) is 0 Å². The molecule has 0 radical (unpaired) electrons. The van der Waals surface area contributed by atoms with E-state index >= 15 is 0 Å². The zero-order valence-electron chi connectivity index (χ0n) is 16.0. The van der Waals surface area contributed by atoms with Crippen molar-refractivity contribution in [2.45, 2.75) is 25.4 Å². The molecule has 1 aliphatic heterocycles. The van der Waals surface area contributed by atoms with Crippen LogP contribution < -0.4 is 10.1 Å². The Balaban J connectivity index is 0.00000117. The summed E-state index contributed by atoms with van der Waals surface area (Å²) >= 11 is 0. The fraction of sp³-hybridized carbons (Fsp3) is 0.318. The van der Waals surface area contributed by atoms with Crippen molar-refractivity contribution >= 4 is 12.0 Å². The first-order valence-electron chi connectivity index (χ1n) is 8.94. The molecule has 26 heavy (non-hydrogen) atoms. The average Bonchev–Trinajstić information content (AvgIpc) is 2.72. The smallest absolute Gasteiger partial charge is 0.118 e. The molecule has 0 bridgehead atoms. The van der Waals surface area contributed by atoms with Gasteiger partial charge in [0.15, 0.2) is 0 Å². The molecule has 138 valence electrons. The Morgan fingerprint density at radius 2 is 1.88 bits per heavy atom. The lowest BCUT2D eigenvalue weighted by atomic mass is 9.89. The third kappa shape index (κ3) is 4.45. The summed E-state index contributed by atoms with van der Waals surface area (Å²) in [7, 11) is 3.80. The van der Waals surface area contributed by atoms with Crippen molar-refractivity contribution in [3.8, 4) is 5.75 Å². The molecule has 1 aliphatic rings. The number of aliphatic imine (C=N–C) groups is 1. The number of para-hydroxylation sites is 1. The predicted octanol–water partition coefficient (Wildman–Crippen LogP) is 5.08. The summed E-state index contributed by atoms with van der Waals surface area (Å²) in [5.74, 6) is 0.888. The molecule has 0 saturated carbocycles. The van der Waals surface area contributed by atoms with Crippen molar-refractivity contribution in [2.75, 3.05) is 26.0 Å². The molecular weight excluding hydrogens is 322 g/mol. The van der Waals surface area contributed by atoms with Gasteiger partial charge >= 0.3 is 0 Å². The summed E-state index contributed by atoms with van der Waals surface area (Å²) in [6.07, 6.45) is 2.95. The second-order valence-corrected chi connectivity index (χ2v) is 6.09. The Morgan fingerprint density at radius 1 is 1.19 bits per heavy atom. The molecular formula is C22H29N3O. The van der Waals surface area contributed by atoms with Gasteiger partial charge in [0.2, 0.25) is 0 Å². The molecule has 0 saturated heterocycles. The molecule has 0 aliphatic carbocycles. The Morgan fingerprint density at radius 3 is 2.54 bits per heavy atom. The molecule has 1 heterocycles. The molecule has 0 amide bonds. The summed E-state index contributed by atoms with van der Waals surface area (Å²) in [5, 5.41) is 3.68. The first-order valence-corrected chi connectivity index (χ1v) is 8.94. The van der Waals surface area contributed by atoms with E-state index in [1.165, 1.54) is 16.8 Å². The number of methoxy groups -OCH3 is 1. The summed E-state index contributed by atoms with van der Waals surface area (Å²) in [6.45, 7) is 8.86. The quantitative estimate of drug-likeness (QED) is 0.464. The molecule has 3 rings (SSSR count). The van der Waals surface area contributed by atoms with Crippen LogP contribution in [0, 0.1) is 0 Å². The van der Waals surface area contributed by atoms with Crippen LogP contribution in [0.3, 0.4) is 0 Å². The topological polar surface area (TPSA) is 36.9 Å². The number of nitrogens with one attached hydrogen (secondary N) is 1. The highest BCUT2D eigenvalue weighted by molar-refractivity contribution is 5.61. The van der Waals surface area contributed by atoms with E-state index in [1.807, 2.05) is 18.5 Å². The third-order valence-corrected chi connectivity index (χ3v) is 4.56. The maximum absolute atomic E-state index is 5.27. The molecule has 0 spiro atoms. The van der Waals surface area contributed by atoms with E-state index in [2.05, 4.69) is 78.7 Å². The van der Waals surface area contributed by atoms with Crippen molar-refractivity contribution in [1.82, 2.24) is 4.90 Å². The van der Waals surface area contributed by atoms with Crippen LogP contribution in [0.15, 0.2) is 66.7 Å². The van der Waals surface area contributed by atoms with Gasteiger partial charge in [-0.15, -0.1) is 13.2 Å². The van der Waals surface area contributed by atoms with Crippen LogP contribution in [0.4, 0.5) is 5.69 Å². The number of nitrogens with zero attached hydrogens (tertiary/aromatic N) is 2. The SMILES string of the molecule is C=C.CCN=CN(C)C1CC(c2ccc(OC)cc2)Nc2ccccc21. The summed E-state index contributed by atoms with van der Waals surface area (Å²) in [5.41, 5.74) is 3.80. The highest BCUT2D eigenvalue weighted by Crippen LogP contribution is 2.41. The summed E-state index contributed by atoms with van der Waals surface area (Å²) in [6, 6.07) is 17.5. The van der Waals surface area contributed by atoms with Crippen molar-refractivity contribution in [3.63, 3.8) is 0 Å². The molecule has 2 atom stereocenters. The van der Waals surface area contributed by atoms with Gasteiger partial charge in [0.1, 0.15) is 5.75 Å². The largest absolute Gasteiger partial charge is 0.497 e. The monoisotopic (exact) mass is 351 g/mol. The minimum atomic E-state index is 0.272. The fourth-order valence-electron chi connectivity index (χ4n) is 3.25. The van der Waals surface area contributed by atoms with Crippen LogP contribution in [0.1, 0.15) is 36.6 Å². The lowest BCUT2D eigenvalue weighted by Gasteiger charge is -2.37. The predicted molar refractivity (Wildman–Crippen MR) is 111 cm³/mol. The number of ether oxygens (including phenoxy) is 1. The van der Waals surface area contributed by atoms with Gasteiger partial charge in [0.25, 0.3) is 0 Å². The third-order valence-electron chi connectivity index (χ3n) is 4.56. The highest BCUT2D eigenvalue weighted by atomic mass is 16.5. The Hall–Kier alpha value is -2.75. The van der Waals surface area contributed by atoms with Crippen molar-refractivity contribution in [2.24, 2.45) is 4.99 Å². The summed E-state index contributed by atoms with van der Waals surface area (Å²) < 4.78 is 5.27. The number of anilines is 1. The number of hydrogen-bond donors (Lipinski definition) is 1. The molecule has 1 N–H and O–H groups in total. The normalized spacial score (nSPS) is 18.3. The second kappa shape index (κ2) is 9.66. The zero-order valence-corrected chi connectivity index (χ0v) is 16.0. The van der Waals surface area contributed by atoms with Crippen molar-refractivity contribution < 1.29 is 4.74 Å². The van der Waals surface area contributed by atoms with E-state index in [0.29, 0.717) is 6.04 Å². The van der Waals surface area contributed by atoms with E-state index in [9.17, 15) is 0 Å². The maximum Gasteiger partial charge on any atom is 0.118 e. The number of hydrogen-bond acceptors (Lipinski definition) is 3. The standard InChI is InChI=1S/C20H25N3O.C2H4/c1-4-21-14-23(2)20-13-19(15-9-11-16(24-3)12-10-15)22-18-8-6-5-7-17(18)20;1-2/h5-12,14,19-20,22H,4,13H2,1-3H3;1-2H2. The fourth-order valence-corrected chi connectivity index (χ4v) is 3.25. The van der Waals surface area contributed by atoms with Gasteiger partial charge in [-0.3, -0.25) is 4.99 Å². The Bertz CT molecular complexity index is 712. The van der Waals surface area contributed by atoms with E-state index in [0.717, 1.165) is 18.7 Å². The van der Waals surface area contributed by atoms with Crippen LogP contribution in [0.5, 0.6) is 5.75 Å². The summed E-state index contributed by atoms with van der Waals surface area (Å²) in [4.78, 5) is 6.63. The van der Waals surface area contributed by atoms with Gasteiger partial charge in [-0.05, 0) is 42.7 Å². The molecule has 4 heteroatoms. The lowest BCUT2D eigenvalue weighted by molar-refractivity contribution is 0.338. The van der Waals surface area contributed by atoms with Crippen molar-refractivity contribution in [1.29, 1.82) is 0 Å². The molecule has 2 aromatic rings. The molecule has 0 fully saturated rings. The number of fused-ring (bicyclic) bond motifs is 1. The van der Waals surface area contributed by atoms with Crippen LogP contribution in [-0.4, -0.2) is 31.9 Å². The van der Waals surface area contributed by atoms with Gasteiger partial charge < -0.3 is 15.0 Å². The van der Waals surface area contributed by atoms with E-state index in [1.54, 1.807) is 7.11 Å². The van der Waals surface area contributed by atoms with Crippen molar-refractivity contribution in [3.05, 3.63) is 72.8 Å². The maximum atomic E-state index is 5.27. The van der Waals surface area contributed by atoms with Gasteiger partial charge in [-0.1, -0.05) is 30.3 Å². The highest BCUT2D eigenvalue weighted by Gasteiger charge is 2.29. The van der Waals surface area contributed by atoms with Crippen LogP contribution in [-0.2, 0) is 0 Å². The molecule has 0 aromatic heterocycles. The van der Waals surface area contributed by atoms with Crippen LogP contribution in [0.2, 0.25) is 0 Å². The first-order chi connectivity index (χ1) is 12.7. The minimum absolute atomic E-state index is 0.272. The van der Waals surface area contributed by atoms with Gasteiger partial charge in [-0.2, -0.15) is 0 Å². The first kappa shape index (κ1) is 19.6.